The molecule has 2 N–H and O–H groups in total. The summed E-state index contributed by atoms with van der Waals surface area (Å²) in [5.74, 6) is -0.825. The van der Waals surface area contributed by atoms with E-state index in [9.17, 15) is 13.2 Å². The van der Waals surface area contributed by atoms with Crippen molar-refractivity contribution in [2.75, 3.05) is 5.43 Å². The van der Waals surface area contributed by atoms with Gasteiger partial charge in [0.25, 0.3) is 15.9 Å². The maximum absolute atomic E-state index is 12.7. The van der Waals surface area contributed by atoms with Gasteiger partial charge in [-0.15, -0.1) is 0 Å². The number of para-hydroxylation sites is 1. The summed E-state index contributed by atoms with van der Waals surface area (Å²) >= 11 is 0. The summed E-state index contributed by atoms with van der Waals surface area (Å²) in [6.45, 7) is 0. The number of benzene rings is 3. The fourth-order valence-electron chi connectivity index (χ4n) is 2.30. The SMILES string of the molecule is O=C(NS(=O)(=O)c1ccccc1)/C(=N\Nc1ccccc1)c1ccccc1. The number of carbonyl (C=O) groups is 1. The molecule has 0 aliphatic carbocycles. The van der Waals surface area contributed by atoms with E-state index >= 15 is 0 Å². The number of hydrogen-bond donors (Lipinski definition) is 2. The van der Waals surface area contributed by atoms with Gasteiger partial charge >= 0.3 is 0 Å². The van der Waals surface area contributed by atoms with Gasteiger partial charge in [-0.05, 0) is 24.3 Å². The third kappa shape index (κ3) is 4.80. The number of nitrogens with one attached hydrogen (secondary N) is 2. The topological polar surface area (TPSA) is 87.6 Å². The molecular weight excluding hydrogens is 362 g/mol. The van der Waals surface area contributed by atoms with Crippen LogP contribution in [0.2, 0.25) is 0 Å². The number of anilines is 1. The summed E-state index contributed by atoms with van der Waals surface area (Å²) in [4.78, 5) is 12.7. The molecule has 3 aromatic carbocycles. The first-order chi connectivity index (χ1) is 13.1. The minimum absolute atomic E-state index is 0.00165. The predicted octanol–water partition coefficient (Wildman–Crippen LogP) is 3.01. The van der Waals surface area contributed by atoms with Crippen LogP contribution in [0.3, 0.4) is 0 Å². The van der Waals surface area contributed by atoms with Gasteiger partial charge < -0.3 is 0 Å². The summed E-state index contributed by atoms with van der Waals surface area (Å²) in [5, 5.41) is 4.13. The van der Waals surface area contributed by atoms with E-state index in [4.69, 9.17) is 0 Å². The molecule has 0 atom stereocenters. The second-order valence-corrected chi connectivity index (χ2v) is 7.23. The third-order valence-corrected chi connectivity index (χ3v) is 4.96. The number of carbonyl (C=O) groups excluding carboxylic acids is 1. The molecule has 0 aliphatic rings. The lowest BCUT2D eigenvalue weighted by Crippen LogP contribution is -2.37. The number of amides is 1. The lowest BCUT2D eigenvalue weighted by molar-refractivity contribution is -0.113. The standard InChI is InChI=1S/C20H17N3O3S/c24-20(23-27(25,26)18-14-8-3-9-15-18)19(16-10-4-1-5-11-16)22-21-17-12-6-2-7-13-17/h1-15,21H,(H,23,24)/b22-19-. The zero-order valence-corrected chi connectivity index (χ0v) is 15.1. The highest BCUT2D eigenvalue weighted by atomic mass is 32.2. The zero-order valence-electron chi connectivity index (χ0n) is 14.2. The first kappa shape index (κ1) is 18.3. The van der Waals surface area contributed by atoms with Crippen LogP contribution in [0.25, 0.3) is 0 Å². The highest BCUT2D eigenvalue weighted by Crippen LogP contribution is 2.10. The van der Waals surface area contributed by atoms with E-state index in [-0.39, 0.29) is 10.6 Å². The second-order valence-electron chi connectivity index (χ2n) is 5.55. The van der Waals surface area contributed by atoms with Crippen LogP contribution < -0.4 is 10.1 Å². The van der Waals surface area contributed by atoms with E-state index in [1.54, 1.807) is 60.7 Å². The van der Waals surface area contributed by atoms with Crippen LogP contribution in [0, 0.1) is 0 Å². The Morgan fingerprint density at radius 1 is 0.741 bits per heavy atom. The van der Waals surface area contributed by atoms with E-state index in [0.29, 0.717) is 11.3 Å². The second kappa shape index (κ2) is 8.29. The van der Waals surface area contributed by atoms with Gasteiger partial charge in [0.15, 0.2) is 5.71 Å². The van der Waals surface area contributed by atoms with Crippen LogP contribution >= 0.6 is 0 Å². The lowest BCUT2D eigenvalue weighted by Gasteiger charge is -2.10. The Labute approximate surface area is 157 Å². The van der Waals surface area contributed by atoms with Crippen LogP contribution in [0.1, 0.15) is 5.56 Å². The summed E-state index contributed by atoms with van der Waals surface area (Å²) in [6.07, 6.45) is 0. The molecule has 0 bridgehead atoms. The molecule has 0 spiro atoms. The van der Waals surface area contributed by atoms with Crippen molar-refractivity contribution in [1.29, 1.82) is 0 Å². The van der Waals surface area contributed by atoms with Gasteiger partial charge in [-0.3, -0.25) is 10.2 Å². The lowest BCUT2D eigenvalue weighted by atomic mass is 10.1. The molecule has 27 heavy (non-hydrogen) atoms. The average molecular weight is 379 g/mol. The molecule has 0 aliphatic heterocycles. The van der Waals surface area contributed by atoms with Crippen molar-refractivity contribution in [2.45, 2.75) is 4.90 Å². The van der Waals surface area contributed by atoms with Crippen LogP contribution in [0.5, 0.6) is 0 Å². The summed E-state index contributed by atoms with van der Waals surface area (Å²) < 4.78 is 27.0. The van der Waals surface area contributed by atoms with Gasteiger partial charge in [-0.25, -0.2) is 13.1 Å². The number of nitrogens with zero attached hydrogens (tertiary/aromatic N) is 1. The Morgan fingerprint density at radius 3 is 1.85 bits per heavy atom. The van der Waals surface area contributed by atoms with E-state index in [1.807, 2.05) is 18.2 Å². The maximum Gasteiger partial charge on any atom is 0.286 e. The Morgan fingerprint density at radius 2 is 1.26 bits per heavy atom. The molecule has 0 fully saturated rings. The third-order valence-electron chi connectivity index (χ3n) is 3.61. The quantitative estimate of drug-likeness (QED) is 0.509. The molecule has 3 aromatic rings. The molecule has 7 heteroatoms. The van der Waals surface area contributed by atoms with Crippen LogP contribution in [-0.2, 0) is 14.8 Å². The van der Waals surface area contributed by atoms with E-state index < -0.39 is 15.9 Å². The van der Waals surface area contributed by atoms with Crippen molar-refractivity contribution in [3.8, 4) is 0 Å². The number of sulfonamides is 1. The van der Waals surface area contributed by atoms with Gasteiger partial charge in [-0.2, -0.15) is 5.10 Å². The normalized spacial score (nSPS) is 11.6. The Hall–Kier alpha value is -3.45. The minimum Gasteiger partial charge on any atom is -0.278 e. The molecule has 0 saturated heterocycles. The van der Waals surface area contributed by atoms with Crippen molar-refractivity contribution >= 4 is 27.3 Å². The summed E-state index contributed by atoms with van der Waals surface area (Å²) in [7, 11) is -4.00. The van der Waals surface area contributed by atoms with Crippen molar-refractivity contribution in [3.63, 3.8) is 0 Å². The van der Waals surface area contributed by atoms with Crippen LogP contribution in [0.4, 0.5) is 5.69 Å². The zero-order chi connectivity index (χ0) is 19.1. The largest absolute Gasteiger partial charge is 0.286 e. The number of rotatable bonds is 6. The highest BCUT2D eigenvalue weighted by Gasteiger charge is 2.22. The predicted molar refractivity (Wildman–Crippen MR) is 105 cm³/mol. The van der Waals surface area contributed by atoms with Crippen molar-refractivity contribution in [1.82, 2.24) is 4.72 Å². The Bertz CT molecular complexity index is 1040. The molecule has 136 valence electrons. The van der Waals surface area contributed by atoms with Gasteiger partial charge in [0.1, 0.15) is 0 Å². The molecule has 3 rings (SSSR count). The van der Waals surface area contributed by atoms with Crippen molar-refractivity contribution in [3.05, 3.63) is 96.6 Å². The highest BCUT2D eigenvalue weighted by molar-refractivity contribution is 7.90. The summed E-state index contributed by atoms with van der Waals surface area (Å²) in [5.41, 5.74) is 3.90. The minimum atomic E-state index is -4.00. The van der Waals surface area contributed by atoms with Crippen molar-refractivity contribution < 1.29 is 13.2 Å². The molecule has 1 amide bonds. The smallest absolute Gasteiger partial charge is 0.278 e. The van der Waals surface area contributed by atoms with Gasteiger partial charge in [0, 0.05) is 5.56 Å². The van der Waals surface area contributed by atoms with Gasteiger partial charge in [-0.1, -0.05) is 66.7 Å². The average Bonchev–Trinajstić information content (AvgIpc) is 2.70. The Balaban J connectivity index is 1.90. The fraction of sp³-hybridized carbons (Fsp3) is 0. The van der Waals surface area contributed by atoms with E-state index in [1.165, 1.54) is 12.1 Å². The van der Waals surface area contributed by atoms with Crippen LogP contribution in [-0.4, -0.2) is 20.0 Å². The van der Waals surface area contributed by atoms with Gasteiger partial charge in [0.05, 0.1) is 10.6 Å². The van der Waals surface area contributed by atoms with Crippen LogP contribution in [0.15, 0.2) is 101 Å². The van der Waals surface area contributed by atoms with E-state index in [0.717, 1.165) is 0 Å². The molecule has 0 unspecified atom stereocenters. The summed E-state index contributed by atoms with van der Waals surface area (Å²) in [6, 6.07) is 25.4. The monoisotopic (exact) mass is 379 g/mol. The van der Waals surface area contributed by atoms with Crippen molar-refractivity contribution in [2.24, 2.45) is 5.10 Å². The molecule has 0 heterocycles. The molecule has 0 saturated carbocycles. The molecular formula is C20H17N3O3S. The molecule has 0 aromatic heterocycles. The number of hydrogen-bond acceptors (Lipinski definition) is 5. The molecule has 0 radical (unpaired) electrons. The molecule has 6 nitrogen and oxygen atoms in total. The first-order valence-corrected chi connectivity index (χ1v) is 9.61. The Kier molecular flexibility index (Phi) is 5.63. The number of hydrazone groups is 1. The first-order valence-electron chi connectivity index (χ1n) is 8.12. The van der Waals surface area contributed by atoms with Gasteiger partial charge in [0.2, 0.25) is 0 Å². The fourth-order valence-corrected chi connectivity index (χ4v) is 3.28. The maximum atomic E-state index is 12.7. The van der Waals surface area contributed by atoms with E-state index in [2.05, 4.69) is 15.2 Å².